The van der Waals surface area contributed by atoms with Crippen LogP contribution in [0.15, 0.2) is 12.4 Å². The highest BCUT2D eigenvalue weighted by atomic mass is 16.3. The molecule has 1 fully saturated rings. The second kappa shape index (κ2) is 2.86. The lowest BCUT2D eigenvalue weighted by molar-refractivity contribution is -0.0807. The number of rotatable bonds is 1. The van der Waals surface area contributed by atoms with Crippen LogP contribution < -0.4 is 0 Å². The minimum atomic E-state index is -0.755. The van der Waals surface area contributed by atoms with E-state index in [1.165, 1.54) is 6.42 Å². The number of hydrogen-bond donors (Lipinski definition) is 1. The molecule has 0 aromatic carbocycles. The average Bonchev–Trinajstić information content (AvgIpc) is 2.58. The van der Waals surface area contributed by atoms with Crippen LogP contribution >= 0.6 is 0 Å². The zero-order valence-electron chi connectivity index (χ0n) is 6.98. The van der Waals surface area contributed by atoms with Crippen LogP contribution in [-0.2, 0) is 5.72 Å². The van der Waals surface area contributed by atoms with Crippen molar-refractivity contribution in [3.8, 4) is 0 Å². The smallest absolute Gasteiger partial charge is 0.159 e. The second-order valence-electron chi connectivity index (χ2n) is 3.39. The summed E-state index contributed by atoms with van der Waals surface area (Å²) >= 11 is 0. The van der Waals surface area contributed by atoms with Crippen LogP contribution in [0.2, 0.25) is 0 Å². The van der Waals surface area contributed by atoms with Gasteiger partial charge in [-0.3, -0.25) is 0 Å². The summed E-state index contributed by atoms with van der Waals surface area (Å²) in [4.78, 5) is 0. The lowest BCUT2D eigenvalue weighted by Crippen LogP contribution is -2.35. The molecule has 0 saturated heterocycles. The van der Waals surface area contributed by atoms with E-state index in [9.17, 15) is 5.11 Å². The van der Waals surface area contributed by atoms with Crippen molar-refractivity contribution in [2.75, 3.05) is 0 Å². The largest absolute Gasteiger partial charge is 0.369 e. The summed E-state index contributed by atoms with van der Waals surface area (Å²) in [5, 5.41) is 17.6. The van der Waals surface area contributed by atoms with Gasteiger partial charge in [0, 0.05) is 6.20 Å². The molecule has 4 heteroatoms. The van der Waals surface area contributed by atoms with E-state index in [4.69, 9.17) is 0 Å². The molecule has 0 atom stereocenters. The lowest BCUT2D eigenvalue weighted by Gasteiger charge is -2.31. The zero-order chi connectivity index (χ0) is 8.44. The molecular weight excluding hydrogens is 154 g/mol. The first-order valence-electron chi connectivity index (χ1n) is 4.40. The van der Waals surface area contributed by atoms with Gasteiger partial charge in [0.25, 0.3) is 0 Å². The van der Waals surface area contributed by atoms with Gasteiger partial charge in [0.05, 0.1) is 6.20 Å². The Hall–Kier alpha value is -0.900. The fraction of sp³-hybridized carbons (Fsp3) is 0.750. The normalized spacial score (nSPS) is 22.4. The van der Waals surface area contributed by atoms with E-state index in [1.807, 2.05) is 0 Å². The zero-order valence-corrected chi connectivity index (χ0v) is 6.98. The quantitative estimate of drug-likeness (QED) is 0.675. The number of aliphatic hydroxyl groups is 1. The standard InChI is InChI=1S/C8H13N3O/c12-8(4-2-1-3-5-8)11-7-6-9-10-11/h6-7,12H,1-5H2. The first kappa shape index (κ1) is 7.73. The highest BCUT2D eigenvalue weighted by Gasteiger charge is 2.31. The van der Waals surface area contributed by atoms with E-state index < -0.39 is 5.72 Å². The molecule has 4 nitrogen and oxygen atoms in total. The molecule has 1 aliphatic carbocycles. The molecule has 66 valence electrons. The Kier molecular flexibility index (Phi) is 1.84. The predicted octanol–water partition coefficient (Wildman–Crippen LogP) is 0.887. The van der Waals surface area contributed by atoms with E-state index >= 15 is 0 Å². The third-order valence-corrected chi connectivity index (χ3v) is 2.50. The molecule has 0 amide bonds. The van der Waals surface area contributed by atoms with Crippen molar-refractivity contribution in [1.82, 2.24) is 15.0 Å². The van der Waals surface area contributed by atoms with Crippen LogP contribution in [0.3, 0.4) is 0 Å². The summed E-state index contributed by atoms with van der Waals surface area (Å²) in [7, 11) is 0. The molecule has 1 aliphatic rings. The molecule has 1 N–H and O–H groups in total. The van der Waals surface area contributed by atoms with Crippen molar-refractivity contribution >= 4 is 0 Å². The minimum Gasteiger partial charge on any atom is -0.369 e. The molecule has 2 rings (SSSR count). The Bertz CT molecular complexity index is 239. The van der Waals surface area contributed by atoms with Crippen molar-refractivity contribution in [1.29, 1.82) is 0 Å². The van der Waals surface area contributed by atoms with Gasteiger partial charge in [-0.2, -0.15) is 0 Å². The molecule has 0 aliphatic heterocycles. The van der Waals surface area contributed by atoms with E-state index in [1.54, 1.807) is 17.1 Å². The topological polar surface area (TPSA) is 50.9 Å². The van der Waals surface area contributed by atoms with Gasteiger partial charge in [-0.1, -0.05) is 11.6 Å². The van der Waals surface area contributed by atoms with Crippen LogP contribution in [0.4, 0.5) is 0 Å². The van der Waals surface area contributed by atoms with E-state index in [2.05, 4.69) is 10.3 Å². The highest BCUT2D eigenvalue weighted by Crippen LogP contribution is 2.31. The van der Waals surface area contributed by atoms with E-state index in [0.29, 0.717) is 0 Å². The minimum absolute atomic E-state index is 0.755. The summed E-state index contributed by atoms with van der Waals surface area (Å²) in [6.07, 6.45) is 8.31. The summed E-state index contributed by atoms with van der Waals surface area (Å²) in [5.74, 6) is 0. The molecule has 1 saturated carbocycles. The van der Waals surface area contributed by atoms with E-state index in [0.717, 1.165) is 25.7 Å². The molecular formula is C8H13N3O. The van der Waals surface area contributed by atoms with Crippen molar-refractivity contribution in [2.24, 2.45) is 0 Å². The van der Waals surface area contributed by atoms with Gasteiger partial charge in [-0.15, -0.1) is 5.10 Å². The van der Waals surface area contributed by atoms with E-state index in [-0.39, 0.29) is 0 Å². The predicted molar refractivity (Wildman–Crippen MR) is 43.3 cm³/mol. The first-order chi connectivity index (χ1) is 5.81. The number of nitrogens with zero attached hydrogens (tertiary/aromatic N) is 3. The van der Waals surface area contributed by atoms with Crippen LogP contribution in [0.25, 0.3) is 0 Å². The molecule has 1 heterocycles. The fourth-order valence-electron chi connectivity index (χ4n) is 1.78. The van der Waals surface area contributed by atoms with Gasteiger partial charge in [0.15, 0.2) is 5.72 Å². The highest BCUT2D eigenvalue weighted by molar-refractivity contribution is 4.80. The Morgan fingerprint density at radius 2 is 2.00 bits per heavy atom. The Morgan fingerprint density at radius 3 is 2.58 bits per heavy atom. The Morgan fingerprint density at radius 1 is 1.25 bits per heavy atom. The summed E-state index contributed by atoms with van der Waals surface area (Å²) in [5.41, 5.74) is -0.755. The van der Waals surface area contributed by atoms with Crippen molar-refractivity contribution < 1.29 is 5.11 Å². The van der Waals surface area contributed by atoms with Crippen LogP contribution in [-0.4, -0.2) is 20.1 Å². The Labute approximate surface area is 71.2 Å². The van der Waals surface area contributed by atoms with Gasteiger partial charge in [0.2, 0.25) is 0 Å². The molecule has 12 heavy (non-hydrogen) atoms. The van der Waals surface area contributed by atoms with Crippen molar-refractivity contribution in [2.45, 2.75) is 37.8 Å². The molecule has 1 aromatic heterocycles. The van der Waals surface area contributed by atoms with Gasteiger partial charge in [-0.05, 0) is 25.7 Å². The number of hydrogen-bond acceptors (Lipinski definition) is 3. The monoisotopic (exact) mass is 167 g/mol. The third kappa shape index (κ3) is 1.22. The summed E-state index contributed by atoms with van der Waals surface area (Å²) in [6.45, 7) is 0. The first-order valence-corrected chi connectivity index (χ1v) is 4.40. The van der Waals surface area contributed by atoms with Gasteiger partial charge < -0.3 is 5.11 Å². The molecule has 0 unspecified atom stereocenters. The summed E-state index contributed by atoms with van der Waals surface area (Å²) in [6, 6.07) is 0. The third-order valence-electron chi connectivity index (χ3n) is 2.50. The maximum Gasteiger partial charge on any atom is 0.159 e. The van der Waals surface area contributed by atoms with Crippen molar-refractivity contribution in [3.63, 3.8) is 0 Å². The maximum atomic E-state index is 10.1. The molecule has 0 radical (unpaired) electrons. The summed E-state index contributed by atoms with van der Waals surface area (Å²) < 4.78 is 1.58. The Balaban J connectivity index is 2.19. The molecule has 0 spiro atoms. The average molecular weight is 167 g/mol. The van der Waals surface area contributed by atoms with Crippen molar-refractivity contribution in [3.05, 3.63) is 12.4 Å². The SMILES string of the molecule is OC1(n2ccnn2)CCCCC1. The van der Waals surface area contributed by atoms with Gasteiger partial charge in [0.1, 0.15) is 0 Å². The fourth-order valence-corrected chi connectivity index (χ4v) is 1.78. The second-order valence-corrected chi connectivity index (χ2v) is 3.39. The van der Waals surface area contributed by atoms with Crippen LogP contribution in [0.1, 0.15) is 32.1 Å². The maximum absolute atomic E-state index is 10.1. The number of aromatic nitrogens is 3. The van der Waals surface area contributed by atoms with Gasteiger partial charge in [-0.25, -0.2) is 4.68 Å². The lowest BCUT2D eigenvalue weighted by atomic mass is 9.92. The van der Waals surface area contributed by atoms with Gasteiger partial charge >= 0.3 is 0 Å². The van der Waals surface area contributed by atoms with Crippen LogP contribution in [0.5, 0.6) is 0 Å². The molecule has 0 bridgehead atoms. The van der Waals surface area contributed by atoms with Crippen LogP contribution in [0, 0.1) is 0 Å². The molecule has 1 aromatic rings.